The molecule has 6 rings (SSSR count). The summed E-state index contributed by atoms with van der Waals surface area (Å²) in [7, 11) is 0. The highest BCUT2D eigenvalue weighted by Gasteiger charge is 2.41. The number of alkyl halides is 3. The molecule has 3 atom stereocenters. The van der Waals surface area contributed by atoms with E-state index in [0.29, 0.717) is 65.7 Å². The molecule has 0 spiro atoms. The number of imidazole rings is 1. The van der Waals surface area contributed by atoms with Crippen LogP contribution in [0.2, 0.25) is 5.02 Å². The quantitative estimate of drug-likeness (QED) is 0.253. The van der Waals surface area contributed by atoms with Gasteiger partial charge < -0.3 is 25.1 Å². The van der Waals surface area contributed by atoms with Crippen LogP contribution in [0.15, 0.2) is 30.7 Å². The van der Waals surface area contributed by atoms with Crippen molar-refractivity contribution < 1.29 is 23.0 Å². The molecule has 4 heterocycles. The van der Waals surface area contributed by atoms with Gasteiger partial charge in [0.15, 0.2) is 6.23 Å². The fourth-order valence-electron chi connectivity index (χ4n) is 6.28. The topological polar surface area (TPSA) is 118 Å². The Balaban J connectivity index is 1.04. The van der Waals surface area contributed by atoms with Crippen molar-refractivity contribution in [3.05, 3.63) is 47.1 Å². The first-order chi connectivity index (χ1) is 19.5. The number of aliphatic hydroxyl groups excluding tert-OH is 1. The molecule has 1 saturated carbocycles. The van der Waals surface area contributed by atoms with Crippen molar-refractivity contribution in [2.24, 2.45) is 5.92 Å². The Labute approximate surface area is 239 Å². The van der Waals surface area contributed by atoms with Crippen LogP contribution >= 0.6 is 11.6 Å². The number of H-pyrrole nitrogens is 1. The fraction of sp³-hybridized carbons (Fsp3) is 0.536. The van der Waals surface area contributed by atoms with E-state index in [1.54, 1.807) is 0 Å². The molecule has 0 radical (unpaired) electrons. The summed E-state index contributed by atoms with van der Waals surface area (Å²) < 4.78 is 47.8. The summed E-state index contributed by atoms with van der Waals surface area (Å²) >= 11 is 5.85. The van der Waals surface area contributed by atoms with Crippen LogP contribution in [0.3, 0.4) is 0 Å². The maximum atomic E-state index is 13.2. The SMILES string of the molecule is CC(C)N(C[C@@H]1C[C@@H](O)[C@H](n2ccc3c(N)ncnc32)O1)[C@H]1C[C@H](CCc2nc3cc(Cl)c(C(F)(F)F)cc3[nH]2)C1. The Morgan fingerprint density at radius 3 is 2.76 bits per heavy atom. The molecular formula is C28H33ClF3N7O2. The smallest absolute Gasteiger partial charge is 0.388 e. The summed E-state index contributed by atoms with van der Waals surface area (Å²) in [6.45, 7) is 5.05. The van der Waals surface area contributed by atoms with E-state index in [0.717, 1.165) is 30.7 Å². The molecule has 2 fully saturated rings. The van der Waals surface area contributed by atoms with Crippen molar-refractivity contribution in [1.82, 2.24) is 29.4 Å². The summed E-state index contributed by atoms with van der Waals surface area (Å²) in [6, 6.07) is 4.85. The minimum Gasteiger partial charge on any atom is -0.388 e. The molecule has 4 aromatic rings. The van der Waals surface area contributed by atoms with Gasteiger partial charge in [0.1, 0.15) is 29.7 Å². The van der Waals surface area contributed by atoms with Crippen molar-refractivity contribution in [1.29, 1.82) is 0 Å². The highest BCUT2D eigenvalue weighted by Crippen LogP contribution is 2.39. The van der Waals surface area contributed by atoms with Gasteiger partial charge in [-0.15, -0.1) is 0 Å². The molecule has 13 heteroatoms. The van der Waals surface area contributed by atoms with Crippen molar-refractivity contribution in [2.45, 2.75) is 82.6 Å². The average molecular weight is 592 g/mol. The predicted molar refractivity (Wildman–Crippen MR) is 149 cm³/mol. The minimum absolute atomic E-state index is 0.128. The van der Waals surface area contributed by atoms with Gasteiger partial charge in [-0.1, -0.05) is 11.6 Å². The highest BCUT2D eigenvalue weighted by molar-refractivity contribution is 6.32. The number of benzene rings is 1. The summed E-state index contributed by atoms with van der Waals surface area (Å²) in [5.74, 6) is 1.56. The molecule has 41 heavy (non-hydrogen) atoms. The number of nitrogens with two attached hydrogens (primary N) is 1. The lowest BCUT2D eigenvalue weighted by molar-refractivity contribution is -0.137. The molecule has 0 unspecified atom stereocenters. The molecule has 1 aromatic carbocycles. The third-order valence-electron chi connectivity index (χ3n) is 8.45. The fourth-order valence-corrected chi connectivity index (χ4v) is 6.54. The average Bonchev–Trinajstić information content (AvgIpc) is 3.57. The van der Waals surface area contributed by atoms with Crippen LogP contribution < -0.4 is 5.73 Å². The number of nitrogen functional groups attached to an aromatic ring is 1. The number of halogens is 4. The molecule has 4 N–H and O–H groups in total. The third kappa shape index (κ3) is 5.50. The molecule has 3 aromatic heterocycles. The van der Waals surface area contributed by atoms with Crippen molar-refractivity contribution in [3.63, 3.8) is 0 Å². The molecule has 0 bridgehead atoms. The first-order valence-electron chi connectivity index (χ1n) is 13.9. The van der Waals surface area contributed by atoms with Gasteiger partial charge >= 0.3 is 6.18 Å². The van der Waals surface area contributed by atoms with Gasteiger partial charge in [-0.25, -0.2) is 15.0 Å². The number of hydrogen-bond acceptors (Lipinski definition) is 7. The lowest BCUT2D eigenvalue weighted by atomic mass is 9.76. The molecule has 0 amide bonds. The minimum atomic E-state index is -4.51. The highest BCUT2D eigenvalue weighted by atomic mass is 35.5. The zero-order valence-electron chi connectivity index (χ0n) is 22.8. The van der Waals surface area contributed by atoms with Crippen LogP contribution in [-0.4, -0.2) is 65.3 Å². The molecule has 9 nitrogen and oxygen atoms in total. The summed E-state index contributed by atoms with van der Waals surface area (Å²) in [4.78, 5) is 18.3. The summed E-state index contributed by atoms with van der Waals surface area (Å²) in [5.41, 5.74) is 6.53. The van der Waals surface area contributed by atoms with Crippen molar-refractivity contribution in [2.75, 3.05) is 12.3 Å². The first kappa shape index (κ1) is 28.2. The van der Waals surface area contributed by atoms with Gasteiger partial charge in [0.05, 0.1) is 33.1 Å². The number of aryl methyl sites for hydroxylation is 1. The number of anilines is 1. The molecular weight excluding hydrogens is 559 g/mol. The lowest BCUT2D eigenvalue weighted by Crippen LogP contribution is -2.50. The van der Waals surface area contributed by atoms with Crippen LogP contribution in [0.25, 0.3) is 22.1 Å². The van der Waals surface area contributed by atoms with Crippen LogP contribution in [-0.2, 0) is 17.3 Å². The number of fused-ring (bicyclic) bond motifs is 2. The Morgan fingerprint density at radius 2 is 2.02 bits per heavy atom. The number of nitrogens with one attached hydrogen (secondary N) is 1. The number of aromatic amines is 1. The molecule has 1 aliphatic carbocycles. The summed E-state index contributed by atoms with van der Waals surface area (Å²) in [5, 5.41) is 11.2. The van der Waals surface area contributed by atoms with E-state index in [9.17, 15) is 18.3 Å². The number of aliphatic hydroxyl groups is 1. The number of aromatic nitrogens is 5. The predicted octanol–water partition coefficient (Wildman–Crippen LogP) is 5.33. The van der Waals surface area contributed by atoms with Crippen LogP contribution in [0.5, 0.6) is 0 Å². The molecule has 2 aliphatic rings. The number of rotatable bonds is 8. The van der Waals surface area contributed by atoms with Crippen molar-refractivity contribution >= 4 is 39.5 Å². The van der Waals surface area contributed by atoms with Gasteiger partial charge in [-0.2, -0.15) is 13.2 Å². The molecule has 220 valence electrons. The Bertz CT molecular complexity index is 1550. The van der Waals surface area contributed by atoms with Gasteiger partial charge in [0.2, 0.25) is 0 Å². The zero-order chi connectivity index (χ0) is 29.1. The normalized spacial score (nSPS) is 25.1. The largest absolute Gasteiger partial charge is 0.417 e. The lowest BCUT2D eigenvalue weighted by Gasteiger charge is -2.46. The maximum Gasteiger partial charge on any atom is 0.417 e. The monoisotopic (exact) mass is 591 g/mol. The summed E-state index contributed by atoms with van der Waals surface area (Å²) in [6.07, 6.45) is 1.53. The second-order valence-corrected chi connectivity index (χ2v) is 11.9. The van der Waals surface area contributed by atoms with Crippen LogP contribution in [0.1, 0.15) is 57.1 Å². The Kier molecular flexibility index (Phi) is 7.37. The number of hydrogen-bond donors (Lipinski definition) is 3. The second-order valence-electron chi connectivity index (χ2n) is 11.5. The Hall–Kier alpha value is -2.93. The van der Waals surface area contributed by atoms with Crippen LogP contribution in [0.4, 0.5) is 19.0 Å². The number of nitrogens with zero attached hydrogens (tertiary/aromatic N) is 5. The molecule has 1 aliphatic heterocycles. The maximum absolute atomic E-state index is 13.2. The van der Waals surface area contributed by atoms with Crippen molar-refractivity contribution in [3.8, 4) is 0 Å². The van der Waals surface area contributed by atoms with E-state index in [1.807, 2.05) is 16.8 Å². The third-order valence-corrected chi connectivity index (χ3v) is 8.76. The zero-order valence-corrected chi connectivity index (χ0v) is 23.5. The van der Waals surface area contributed by atoms with E-state index in [-0.39, 0.29) is 11.1 Å². The van der Waals surface area contributed by atoms with E-state index in [2.05, 4.69) is 38.7 Å². The first-order valence-corrected chi connectivity index (χ1v) is 14.3. The van der Waals surface area contributed by atoms with Gasteiger partial charge in [-0.3, -0.25) is 4.90 Å². The Morgan fingerprint density at radius 1 is 1.24 bits per heavy atom. The van der Waals surface area contributed by atoms with Crippen LogP contribution in [0, 0.1) is 5.92 Å². The number of ether oxygens (including phenoxy) is 1. The standard InChI is InChI=1S/C28H33ClF3N7O2/c1-14(2)39(12-17-9-23(40)27(41-17)38-6-5-18-25(33)34-13-35-26(18)38)16-7-15(8-16)3-4-24-36-21-10-19(28(30,31)32)20(29)11-22(21)37-24/h5-6,10-11,13-17,23,27,40H,3-4,7-9,12H2,1-2H3,(H,36,37)(H2,33,34,35)/t15-,16-,17-,23+,27+/m0/s1. The van der Waals surface area contributed by atoms with Gasteiger partial charge in [0.25, 0.3) is 0 Å². The van der Waals surface area contributed by atoms with E-state index in [1.165, 1.54) is 12.4 Å². The van der Waals surface area contributed by atoms with Gasteiger partial charge in [-0.05, 0) is 57.2 Å². The van der Waals surface area contributed by atoms with E-state index >= 15 is 0 Å². The van der Waals surface area contributed by atoms with E-state index in [4.69, 9.17) is 22.1 Å². The molecule has 1 saturated heterocycles. The van der Waals surface area contributed by atoms with E-state index < -0.39 is 24.1 Å². The second kappa shape index (κ2) is 10.7. The van der Waals surface area contributed by atoms with Gasteiger partial charge in [0, 0.05) is 37.7 Å².